The van der Waals surface area contributed by atoms with E-state index in [9.17, 15) is 14.4 Å². The van der Waals surface area contributed by atoms with Gasteiger partial charge in [0.2, 0.25) is 11.8 Å². The van der Waals surface area contributed by atoms with Gasteiger partial charge in [-0.2, -0.15) is 0 Å². The standard InChI is InChI=1S/C18H17N3O3/c1-12(22)19-14-6-4-7-15(9-14)20-17(23)11-21-10-13-5-2-3-8-16(13)18(21)24/h2-9H,10-11H2,1H3,(H,19,22)(H,20,23). The van der Waals surface area contributed by atoms with Crippen molar-refractivity contribution in [3.63, 3.8) is 0 Å². The molecule has 3 amide bonds. The fourth-order valence-electron chi connectivity index (χ4n) is 2.69. The first-order chi connectivity index (χ1) is 11.5. The predicted molar refractivity (Wildman–Crippen MR) is 90.6 cm³/mol. The lowest BCUT2D eigenvalue weighted by atomic mass is 10.1. The second-order valence-electron chi connectivity index (χ2n) is 5.63. The molecule has 2 aromatic carbocycles. The van der Waals surface area contributed by atoms with E-state index in [2.05, 4.69) is 10.6 Å². The van der Waals surface area contributed by atoms with Crippen LogP contribution in [0.5, 0.6) is 0 Å². The maximum atomic E-state index is 12.3. The summed E-state index contributed by atoms with van der Waals surface area (Å²) in [5.74, 6) is -0.595. The van der Waals surface area contributed by atoms with Gasteiger partial charge >= 0.3 is 0 Å². The van der Waals surface area contributed by atoms with Gasteiger partial charge in [0.25, 0.3) is 5.91 Å². The van der Waals surface area contributed by atoms with Crippen molar-refractivity contribution in [2.24, 2.45) is 0 Å². The summed E-state index contributed by atoms with van der Waals surface area (Å²) in [6.45, 7) is 1.84. The Labute approximate surface area is 139 Å². The SMILES string of the molecule is CC(=O)Nc1cccc(NC(=O)CN2Cc3ccccc3C2=O)c1. The van der Waals surface area contributed by atoms with Gasteiger partial charge < -0.3 is 15.5 Å². The molecule has 0 aromatic heterocycles. The summed E-state index contributed by atoms with van der Waals surface area (Å²) >= 11 is 0. The van der Waals surface area contributed by atoms with E-state index in [-0.39, 0.29) is 24.3 Å². The fourth-order valence-corrected chi connectivity index (χ4v) is 2.69. The van der Waals surface area contributed by atoms with E-state index in [1.165, 1.54) is 11.8 Å². The number of carbonyl (C=O) groups is 3. The maximum absolute atomic E-state index is 12.3. The van der Waals surface area contributed by atoms with Crippen LogP contribution in [0, 0.1) is 0 Å². The molecule has 1 aliphatic rings. The van der Waals surface area contributed by atoms with Crippen LogP contribution in [-0.4, -0.2) is 29.2 Å². The van der Waals surface area contributed by atoms with Gasteiger partial charge in [-0.1, -0.05) is 24.3 Å². The summed E-state index contributed by atoms with van der Waals surface area (Å²) in [4.78, 5) is 37.1. The molecule has 0 saturated heterocycles. The van der Waals surface area contributed by atoms with Gasteiger partial charge in [-0.3, -0.25) is 14.4 Å². The normalized spacial score (nSPS) is 12.7. The molecule has 1 heterocycles. The van der Waals surface area contributed by atoms with Gasteiger partial charge in [-0.25, -0.2) is 0 Å². The van der Waals surface area contributed by atoms with E-state index in [1.807, 2.05) is 18.2 Å². The number of amides is 3. The van der Waals surface area contributed by atoms with Crippen LogP contribution in [0.25, 0.3) is 0 Å². The third-order valence-electron chi connectivity index (χ3n) is 3.70. The quantitative estimate of drug-likeness (QED) is 0.906. The predicted octanol–water partition coefficient (Wildman–Crippen LogP) is 2.24. The average Bonchev–Trinajstić information content (AvgIpc) is 2.83. The molecule has 6 nitrogen and oxygen atoms in total. The first-order valence-corrected chi connectivity index (χ1v) is 7.57. The topological polar surface area (TPSA) is 78.5 Å². The Morgan fingerprint density at radius 1 is 1.04 bits per heavy atom. The molecule has 0 aliphatic carbocycles. The van der Waals surface area contributed by atoms with Crippen molar-refractivity contribution in [3.05, 3.63) is 59.7 Å². The van der Waals surface area contributed by atoms with Gasteiger partial charge in [0.1, 0.15) is 6.54 Å². The summed E-state index contributed by atoms with van der Waals surface area (Å²) in [6.07, 6.45) is 0. The monoisotopic (exact) mass is 323 g/mol. The summed E-state index contributed by atoms with van der Waals surface area (Å²) < 4.78 is 0. The fraction of sp³-hybridized carbons (Fsp3) is 0.167. The average molecular weight is 323 g/mol. The van der Waals surface area contributed by atoms with Crippen molar-refractivity contribution in [2.45, 2.75) is 13.5 Å². The maximum Gasteiger partial charge on any atom is 0.254 e. The second kappa shape index (κ2) is 6.54. The number of carbonyl (C=O) groups excluding carboxylic acids is 3. The van der Waals surface area contributed by atoms with Gasteiger partial charge in [-0.05, 0) is 29.8 Å². The van der Waals surface area contributed by atoms with Gasteiger partial charge in [0.05, 0.1) is 0 Å². The molecule has 1 aliphatic heterocycles. The molecule has 0 atom stereocenters. The number of anilines is 2. The first-order valence-electron chi connectivity index (χ1n) is 7.57. The van der Waals surface area contributed by atoms with E-state index >= 15 is 0 Å². The lowest BCUT2D eigenvalue weighted by molar-refractivity contribution is -0.117. The van der Waals surface area contributed by atoms with Crippen LogP contribution in [0.4, 0.5) is 11.4 Å². The Balaban J connectivity index is 1.63. The lowest BCUT2D eigenvalue weighted by Gasteiger charge is -2.15. The lowest BCUT2D eigenvalue weighted by Crippen LogP contribution is -2.33. The summed E-state index contributed by atoms with van der Waals surface area (Å²) in [6, 6.07) is 14.2. The van der Waals surface area contributed by atoms with Gasteiger partial charge in [-0.15, -0.1) is 0 Å². The van der Waals surface area contributed by atoms with Crippen molar-refractivity contribution >= 4 is 29.1 Å². The van der Waals surface area contributed by atoms with Crippen molar-refractivity contribution in [3.8, 4) is 0 Å². The van der Waals surface area contributed by atoms with E-state index in [0.29, 0.717) is 23.5 Å². The molecule has 24 heavy (non-hydrogen) atoms. The Morgan fingerprint density at radius 2 is 1.75 bits per heavy atom. The highest BCUT2D eigenvalue weighted by atomic mass is 16.2. The molecule has 0 radical (unpaired) electrons. The van der Waals surface area contributed by atoms with Gasteiger partial charge in [0.15, 0.2) is 0 Å². The van der Waals surface area contributed by atoms with Crippen molar-refractivity contribution in [1.29, 1.82) is 0 Å². The van der Waals surface area contributed by atoms with Crippen LogP contribution in [0.15, 0.2) is 48.5 Å². The van der Waals surface area contributed by atoms with E-state index < -0.39 is 0 Å². The van der Waals surface area contributed by atoms with Crippen LogP contribution >= 0.6 is 0 Å². The Morgan fingerprint density at radius 3 is 2.46 bits per heavy atom. The van der Waals surface area contributed by atoms with Crippen LogP contribution in [0.3, 0.4) is 0 Å². The Bertz CT molecular complexity index is 817. The molecular formula is C18H17N3O3. The van der Waals surface area contributed by atoms with Crippen LogP contribution in [0.1, 0.15) is 22.8 Å². The molecule has 2 aromatic rings. The summed E-state index contributed by atoms with van der Waals surface area (Å²) in [5.41, 5.74) is 2.75. The third kappa shape index (κ3) is 3.43. The van der Waals surface area contributed by atoms with Crippen LogP contribution in [-0.2, 0) is 16.1 Å². The molecule has 3 rings (SSSR count). The zero-order valence-electron chi connectivity index (χ0n) is 13.2. The Hall–Kier alpha value is -3.15. The van der Waals surface area contributed by atoms with Gasteiger partial charge in [0, 0.05) is 30.4 Å². The van der Waals surface area contributed by atoms with Crippen molar-refractivity contribution in [2.75, 3.05) is 17.2 Å². The zero-order chi connectivity index (χ0) is 17.1. The van der Waals surface area contributed by atoms with Crippen LogP contribution in [0.2, 0.25) is 0 Å². The highest BCUT2D eigenvalue weighted by molar-refractivity contribution is 6.02. The van der Waals surface area contributed by atoms with Crippen molar-refractivity contribution in [1.82, 2.24) is 4.90 Å². The molecule has 0 saturated carbocycles. The number of benzene rings is 2. The smallest absolute Gasteiger partial charge is 0.254 e. The highest BCUT2D eigenvalue weighted by Crippen LogP contribution is 2.22. The third-order valence-corrected chi connectivity index (χ3v) is 3.70. The first kappa shape index (κ1) is 15.7. The second-order valence-corrected chi connectivity index (χ2v) is 5.63. The molecule has 0 unspecified atom stereocenters. The van der Waals surface area contributed by atoms with Crippen molar-refractivity contribution < 1.29 is 14.4 Å². The number of hydrogen-bond donors (Lipinski definition) is 2. The van der Waals surface area contributed by atoms with E-state index in [1.54, 1.807) is 30.3 Å². The molecule has 0 fully saturated rings. The largest absolute Gasteiger partial charge is 0.326 e. The minimum absolute atomic E-state index is 0.0160. The molecule has 122 valence electrons. The molecule has 0 bridgehead atoms. The number of rotatable bonds is 4. The number of fused-ring (bicyclic) bond motifs is 1. The molecule has 0 spiro atoms. The van der Waals surface area contributed by atoms with Crippen LogP contribution < -0.4 is 10.6 Å². The van der Waals surface area contributed by atoms with E-state index in [4.69, 9.17) is 0 Å². The van der Waals surface area contributed by atoms with E-state index in [0.717, 1.165) is 5.56 Å². The highest BCUT2D eigenvalue weighted by Gasteiger charge is 2.28. The minimum atomic E-state index is -0.281. The number of nitrogens with zero attached hydrogens (tertiary/aromatic N) is 1. The minimum Gasteiger partial charge on any atom is -0.326 e. The zero-order valence-corrected chi connectivity index (χ0v) is 13.2. The summed E-state index contributed by atoms with van der Waals surface area (Å²) in [7, 11) is 0. The Kier molecular flexibility index (Phi) is 4.29. The molecule has 2 N–H and O–H groups in total. The molecule has 6 heteroatoms. The number of hydrogen-bond acceptors (Lipinski definition) is 3. The summed E-state index contributed by atoms with van der Waals surface area (Å²) in [5, 5.41) is 5.40. The number of nitrogens with one attached hydrogen (secondary N) is 2. The molecular weight excluding hydrogens is 306 g/mol.